The molecule has 5 heteroatoms. The molecule has 0 spiro atoms. The van der Waals surface area contributed by atoms with Gasteiger partial charge in [0.05, 0.1) is 24.3 Å². The topological polar surface area (TPSA) is 63.2 Å². The Kier molecular flexibility index (Phi) is 10.1. The van der Waals surface area contributed by atoms with Crippen LogP contribution < -0.4 is 15.4 Å². The maximum atomic E-state index is 13.1. The lowest BCUT2D eigenvalue weighted by Crippen LogP contribution is -2.37. The molecule has 1 heterocycles. The minimum atomic E-state index is -0.234. The van der Waals surface area contributed by atoms with Crippen molar-refractivity contribution >= 4 is 5.91 Å². The Hall–Kier alpha value is -3.18. The molecule has 0 radical (unpaired) electrons. The van der Waals surface area contributed by atoms with Crippen LogP contribution in [0, 0.1) is 5.92 Å². The summed E-state index contributed by atoms with van der Waals surface area (Å²) >= 11 is 0. The summed E-state index contributed by atoms with van der Waals surface area (Å²) in [6, 6.07) is 23.6. The molecular formula is C29H37N3O2. The maximum Gasteiger partial charge on any atom is 0.227 e. The van der Waals surface area contributed by atoms with Gasteiger partial charge in [0.25, 0.3) is 0 Å². The Labute approximate surface area is 204 Å². The van der Waals surface area contributed by atoms with E-state index in [1.807, 2.05) is 79.7 Å². The van der Waals surface area contributed by atoms with Crippen molar-refractivity contribution in [1.29, 1.82) is 0 Å². The molecule has 3 atom stereocenters. The highest BCUT2D eigenvalue weighted by Gasteiger charge is 2.20. The lowest BCUT2D eigenvalue weighted by molar-refractivity contribution is -0.123. The minimum Gasteiger partial charge on any atom is -0.493 e. The molecule has 0 aliphatic carbocycles. The average molecular weight is 460 g/mol. The molecule has 34 heavy (non-hydrogen) atoms. The molecular weight excluding hydrogens is 422 g/mol. The van der Waals surface area contributed by atoms with Crippen LogP contribution in [0.5, 0.6) is 5.75 Å². The fourth-order valence-electron chi connectivity index (χ4n) is 3.90. The van der Waals surface area contributed by atoms with Crippen LogP contribution >= 0.6 is 0 Å². The van der Waals surface area contributed by atoms with Crippen LogP contribution in [0.1, 0.15) is 62.4 Å². The van der Waals surface area contributed by atoms with Gasteiger partial charge in [0, 0.05) is 19.3 Å². The van der Waals surface area contributed by atoms with Gasteiger partial charge in [-0.15, -0.1) is 0 Å². The SMILES string of the molecule is CCCC(C)COc1ccc([C@H](CNCc2ccccn2)NC(=O)[C@@H](C)c2ccccc2)cc1. The third-order valence-corrected chi connectivity index (χ3v) is 5.99. The van der Waals surface area contributed by atoms with Crippen molar-refractivity contribution in [3.8, 4) is 5.75 Å². The zero-order valence-corrected chi connectivity index (χ0v) is 20.5. The van der Waals surface area contributed by atoms with Crippen LogP contribution in [0.15, 0.2) is 79.0 Å². The summed E-state index contributed by atoms with van der Waals surface area (Å²) in [5.41, 5.74) is 3.01. The Balaban J connectivity index is 1.66. The van der Waals surface area contributed by atoms with Crippen molar-refractivity contribution in [1.82, 2.24) is 15.6 Å². The van der Waals surface area contributed by atoms with Crippen molar-refractivity contribution in [2.24, 2.45) is 5.92 Å². The Morgan fingerprint density at radius 3 is 2.35 bits per heavy atom. The minimum absolute atomic E-state index is 0.00422. The van der Waals surface area contributed by atoms with Crippen molar-refractivity contribution in [2.75, 3.05) is 13.2 Å². The number of benzene rings is 2. The van der Waals surface area contributed by atoms with Crippen LogP contribution in [0.3, 0.4) is 0 Å². The number of rotatable bonds is 13. The van der Waals surface area contributed by atoms with E-state index in [-0.39, 0.29) is 17.9 Å². The first-order chi connectivity index (χ1) is 16.6. The molecule has 3 rings (SSSR count). The zero-order chi connectivity index (χ0) is 24.2. The van der Waals surface area contributed by atoms with Crippen LogP contribution in [0.4, 0.5) is 0 Å². The van der Waals surface area contributed by atoms with Gasteiger partial charge < -0.3 is 15.4 Å². The highest BCUT2D eigenvalue weighted by Crippen LogP contribution is 2.21. The molecule has 0 bridgehead atoms. The summed E-state index contributed by atoms with van der Waals surface area (Å²) in [4.78, 5) is 17.5. The lowest BCUT2D eigenvalue weighted by atomic mass is 9.99. The van der Waals surface area contributed by atoms with Gasteiger partial charge in [-0.2, -0.15) is 0 Å². The quantitative estimate of drug-likeness (QED) is 0.347. The molecule has 5 nitrogen and oxygen atoms in total. The molecule has 0 aliphatic rings. The van der Waals surface area contributed by atoms with Gasteiger partial charge in [-0.25, -0.2) is 0 Å². The molecule has 180 valence electrons. The molecule has 1 amide bonds. The molecule has 0 aliphatic heterocycles. The average Bonchev–Trinajstić information content (AvgIpc) is 2.88. The number of nitrogens with one attached hydrogen (secondary N) is 2. The summed E-state index contributed by atoms with van der Waals surface area (Å²) in [5, 5.41) is 6.69. The first-order valence-corrected chi connectivity index (χ1v) is 12.3. The van der Waals surface area contributed by atoms with E-state index in [1.54, 1.807) is 6.20 Å². The normalized spacial score (nSPS) is 13.6. The summed E-state index contributed by atoms with van der Waals surface area (Å²) < 4.78 is 5.96. The number of carbonyl (C=O) groups is 1. The van der Waals surface area contributed by atoms with Crippen LogP contribution in [-0.4, -0.2) is 24.0 Å². The van der Waals surface area contributed by atoms with Gasteiger partial charge in [0.2, 0.25) is 5.91 Å². The van der Waals surface area contributed by atoms with E-state index >= 15 is 0 Å². The van der Waals surface area contributed by atoms with Crippen molar-refractivity contribution in [3.05, 3.63) is 95.8 Å². The number of hydrogen-bond acceptors (Lipinski definition) is 4. The highest BCUT2D eigenvalue weighted by molar-refractivity contribution is 5.83. The van der Waals surface area contributed by atoms with Crippen LogP contribution in [0.25, 0.3) is 0 Å². The molecule has 0 fully saturated rings. The van der Waals surface area contributed by atoms with Crippen LogP contribution in [-0.2, 0) is 11.3 Å². The number of aromatic nitrogens is 1. The van der Waals surface area contributed by atoms with Crippen molar-refractivity contribution < 1.29 is 9.53 Å². The monoisotopic (exact) mass is 459 g/mol. The lowest BCUT2D eigenvalue weighted by Gasteiger charge is -2.23. The molecule has 2 N–H and O–H groups in total. The van der Waals surface area contributed by atoms with Gasteiger partial charge in [-0.3, -0.25) is 9.78 Å². The number of pyridine rings is 1. The van der Waals surface area contributed by atoms with E-state index in [0.717, 1.165) is 35.4 Å². The van der Waals surface area contributed by atoms with E-state index in [9.17, 15) is 4.79 Å². The van der Waals surface area contributed by atoms with Crippen LogP contribution in [0.2, 0.25) is 0 Å². The predicted octanol–water partition coefficient (Wildman–Crippen LogP) is 5.65. The number of hydrogen-bond donors (Lipinski definition) is 2. The van der Waals surface area contributed by atoms with E-state index in [2.05, 4.69) is 29.5 Å². The second-order valence-electron chi connectivity index (χ2n) is 8.92. The van der Waals surface area contributed by atoms with Crippen molar-refractivity contribution in [3.63, 3.8) is 0 Å². The number of nitrogens with zero attached hydrogens (tertiary/aromatic N) is 1. The first kappa shape index (κ1) is 25.4. The summed E-state index contributed by atoms with van der Waals surface area (Å²) in [7, 11) is 0. The van der Waals surface area contributed by atoms with Gasteiger partial charge in [0.15, 0.2) is 0 Å². The molecule has 3 aromatic rings. The fourth-order valence-corrected chi connectivity index (χ4v) is 3.90. The van der Waals surface area contributed by atoms with Gasteiger partial charge >= 0.3 is 0 Å². The second-order valence-corrected chi connectivity index (χ2v) is 8.92. The third-order valence-electron chi connectivity index (χ3n) is 5.99. The Morgan fingerprint density at radius 1 is 0.941 bits per heavy atom. The molecule has 2 aromatic carbocycles. The summed E-state index contributed by atoms with van der Waals surface area (Å²) in [5.74, 6) is 1.16. The standard InChI is InChI=1S/C29H37N3O2/c1-4-10-22(2)21-34-27-16-14-25(15-17-27)28(20-30-19-26-13-8-9-18-31-26)32-29(33)23(3)24-11-6-5-7-12-24/h5-9,11-18,22-23,28,30H,4,10,19-21H2,1-3H3,(H,32,33)/t22?,23-,28-/m0/s1. The number of amides is 1. The Bertz CT molecular complexity index is 977. The number of ether oxygens (including phenoxy) is 1. The smallest absolute Gasteiger partial charge is 0.227 e. The first-order valence-electron chi connectivity index (χ1n) is 12.3. The molecule has 1 unspecified atom stereocenters. The highest BCUT2D eigenvalue weighted by atomic mass is 16.5. The molecule has 1 aromatic heterocycles. The van der Waals surface area contributed by atoms with E-state index < -0.39 is 0 Å². The number of carbonyl (C=O) groups excluding carboxylic acids is 1. The van der Waals surface area contributed by atoms with E-state index in [1.165, 1.54) is 0 Å². The predicted molar refractivity (Wildman–Crippen MR) is 138 cm³/mol. The molecule has 0 saturated carbocycles. The zero-order valence-electron chi connectivity index (χ0n) is 20.5. The van der Waals surface area contributed by atoms with E-state index in [0.29, 0.717) is 25.6 Å². The largest absolute Gasteiger partial charge is 0.493 e. The van der Waals surface area contributed by atoms with Gasteiger partial charge in [-0.05, 0) is 54.7 Å². The summed E-state index contributed by atoms with van der Waals surface area (Å²) in [6.45, 7) is 8.30. The van der Waals surface area contributed by atoms with E-state index in [4.69, 9.17) is 4.74 Å². The third kappa shape index (κ3) is 7.99. The van der Waals surface area contributed by atoms with Gasteiger partial charge in [-0.1, -0.05) is 68.8 Å². The summed E-state index contributed by atoms with van der Waals surface area (Å²) in [6.07, 6.45) is 4.11. The second kappa shape index (κ2) is 13.5. The maximum absolute atomic E-state index is 13.1. The molecule has 0 saturated heterocycles. The fraction of sp³-hybridized carbons (Fsp3) is 0.379. The van der Waals surface area contributed by atoms with Gasteiger partial charge in [0.1, 0.15) is 5.75 Å². The Morgan fingerprint density at radius 2 is 1.68 bits per heavy atom. The van der Waals surface area contributed by atoms with Crippen molar-refractivity contribution in [2.45, 2.75) is 52.1 Å².